The highest BCUT2D eigenvalue weighted by Gasteiger charge is 2.27. The van der Waals surface area contributed by atoms with Gasteiger partial charge in [0.05, 0.1) is 24.7 Å². The van der Waals surface area contributed by atoms with Crippen molar-refractivity contribution in [2.24, 2.45) is 0 Å². The lowest BCUT2D eigenvalue weighted by Gasteiger charge is -2.21. The first-order chi connectivity index (χ1) is 13.9. The Balaban J connectivity index is 2.19. The molecule has 0 aromatic heterocycles. The molecule has 0 aliphatic carbocycles. The summed E-state index contributed by atoms with van der Waals surface area (Å²) in [6.07, 6.45) is 0.959. The quantitative estimate of drug-likeness (QED) is 0.315. The number of nitrogens with zero attached hydrogens (tertiary/aromatic N) is 1. The zero-order chi connectivity index (χ0) is 21.3. The van der Waals surface area contributed by atoms with E-state index in [1.165, 1.54) is 29.7 Å². The minimum atomic E-state index is -4.04. The van der Waals surface area contributed by atoms with Gasteiger partial charge in [0.15, 0.2) is 0 Å². The van der Waals surface area contributed by atoms with Crippen LogP contribution in [0.25, 0.3) is 0 Å². The Kier molecular flexibility index (Phi) is 8.84. The molecule has 0 aliphatic rings. The topological polar surface area (TPSA) is 95.9 Å². The molecule has 0 bridgehead atoms. The first-order valence-electron chi connectivity index (χ1n) is 8.83. The number of unbranched alkanes of at least 4 members (excludes halogenated alkanes) is 1. The van der Waals surface area contributed by atoms with Crippen molar-refractivity contribution in [3.05, 3.63) is 59.1 Å². The Bertz CT molecular complexity index is 892. The molecule has 0 atom stereocenters. The largest absolute Gasteiger partial charge is 0.494 e. The first kappa shape index (κ1) is 23.1. The minimum Gasteiger partial charge on any atom is -0.494 e. The Morgan fingerprint density at radius 1 is 1.10 bits per heavy atom. The molecule has 1 amide bonds. The highest BCUT2D eigenvalue weighted by atomic mass is 35.5. The van der Waals surface area contributed by atoms with Gasteiger partial charge in [-0.2, -0.15) is 4.31 Å². The number of ether oxygens (including phenoxy) is 1. The van der Waals surface area contributed by atoms with Gasteiger partial charge in [-0.3, -0.25) is 14.4 Å². The third-order valence-corrected chi connectivity index (χ3v) is 6.03. The molecule has 158 valence electrons. The summed E-state index contributed by atoms with van der Waals surface area (Å²) in [5, 5.41) is 9.30. The fraction of sp³-hybridized carbons (Fsp3) is 0.316. The summed E-state index contributed by atoms with van der Waals surface area (Å²) in [5.74, 6) is -0.407. The number of alkyl halides is 1. The van der Waals surface area contributed by atoms with Gasteiger partial charge in [-0.15, -0.1) is 0 Å². The number of sulfonamides is 1. The maximum atomic E-state index is 13.0. The maximum Gasteiger partial charge on any atom is 0.258 e. The van der Waals surface area contributed by atoms with Crippen molar-refractivity contribution >= 4 is 27.5 Å². The van der Waals surface area contributed by atoms with Crippen molar-refractivity contribution in [2.45, 2.75) is 24.3 Å². The summed E-state index contributed by atoms with van der Waals surface area (Å²) in [5.41, 5.74) is 2.07. The molecule has 0 radical (unpaired) electrons. The number of hydrogen-bond acceptors (Lipinski definition) is 5. The number of amides is 1. The van der Waals surface area contributed by atoms with Crippen LogP contribution >= 0.6 is 11.6 Å². The second kappa shape index (κ2) is 11.1. The highest BCUT2D eigenvalue weighted by molar-refractivity contribution is 7.89. The zero-order valence-electron chi connectivity index (χ0n) is 15.6. The number of benzene rings is 2. The molecule has 0 fully saturated rings. The van der Waals surface area contributed by atoms with Gasteiger partial charge in [0.2, 0.25) is 10.0 Å². The SMILES string of the molecule is O=C(CN(Cc1ccc(Cl)cc1)S(=O)(=O)c1ccc(OCCCCF)cc1)NO. The molecule has 2 rings (SSSR count). The number of carbonyl (C=O) groups excluding carboxylic acids is 1. The number of hydroxylamine groups is 1. The summed E-state index contributed by atoms with van der Waals surface area (Å²) >= 11 is 5.85. The number of rotatable bonds is 11. The molecular weight excluding hydrogens is 423 g/mol. The summed E-state index contributed by atoms with van der Waals surface area (Å²) < 4.78 is 44.5. The van der Waals surface area contributed by atoms with Gasteiger partial charge in [-0.05, 0) is 54.8 Å². The van der Waals surface area contributed by atoms with E-state index in [0.717, 1.165) is 4.31 Å². The minimum absolute atomic E-state index is 0.0340. The lowest BCUT2D eigenvalue weighted by atomic mass is 10.2. The van der Waals surface area contributed by atoms with Gasteiger partial charge in [-0.25, -0.2) is 13.9 Å². The van der Waals surface area contributed by atoms with Crippen molar-refractivity contribution in [2.75, 3.05) is 19.8 Å². The molecular formula is C19H22ClFN2O5S. The average molecular weight is 445 g/mol. The van der Waals surface area contributed by atoms with Crippen LogP contribution in [0.2, 0.25) is 5.02 Å². The van der Waals surface area contributed by atoms with Crippen LogP contribution in [0.3, 0.4) is 0 Å². The smallest absolute Gasteiger partial charge is 0.258 e. The van der Waals surface area contributed by atoms with E-state index in [1.54, 1.807) is 24.3 Å². The van der Waals surface area contributed by atoms with Crippen LogP contribution < -0.4 is 10.2 Å². The maximum absolute atomic E-state index is 13.0. The summed E-state index contributed by atoms with van der Waals surface area (Å²) in [6, 6.07) is 12.2. The van der Waals surface area contributed by atoms with Crippen LogP contribution in [0, 0.1) is 0 Å². The Hall–Kier alpha value is -2.20. The molecule has 0 aliphatic heterocycles. The molecule has 29 heavy (non-hydrogen) atoms. The van der Waals surface area contributed by atoms with Crippen LogP contribution in [0.5, 0.6) is 5.75 Å². The average Bonchev–Trinajstić information content (AvgIpc) is 2.72. The van der Waals surface area contributed by atoms with Crippen LogP contribution in [-0.4, -0.2) is 43.7 Å². The second-order valence-corrected chi connectivity index (χ2v) is 8.52. The number of hydrogen-bond donors (Lipinski definition) is 2. The number of halogens is 2. The Labute approximate surface area is 174 Å². The normalized spacial score (nSPS) is 11.4. The molecule has 0 heterocycles. The summed E-state index contributed by atoms with van der Waals surface area (Å²) in [7, 11) is -4.04. The molecule has 0 unspecified atom stereocenters. The lowest BCUT2D eigenvalue weighted by molar-refractivity contribution is -0.129. The van der Waals surface area contributed by atoms with Crippen LogP contribution in [-0.2, 0) is 21.4 Å². The monoisotopic (exact) mass is 444 g/mol. The molecule has 2 aromatic rings. The van der Waals surface area contributed by atoms with Crippen molar-refractivity contribution < 1.29 is 27.5 Å². The second-order valence-electron chi connectivity index (χ2n) is 6.15. The van der Waals surface area contributed by atoms with E-state index in [1.807, 2.05) is 0 Å². The lowest BCUT2D eigenvalue weighted by Crippen LogP contribution is -2.39. The molecule has 7 nitrogen and oxygen atoms in total. The molecule has 10 heteroatoms. The predicted molar refractivity (Wildman–Crippen MR) is 106 cm³/mol. The Morgan fingerprint density at radius 3 is 2.34 bits per heavy atom. The Morgan fingerprint density at radius 2 is 1.76 bits per heavy atom. The molecule has 0 spiro atoms. The van der Waals surface area contributed by atoms with E-state index < -0.39 is 29.1 Å². The molecule has 2 N–H and O–H groups in total. The summed E-state index contributed by atoms with van der Waals surface area (Å²) in [4.78, 5) is 11.6. The molecule has 2 aromatic carbocycles. The van der Waals surface area contributed by atoms with E-state index in [9.17, 15) is 17.6 Å². The highest BCUT2D eigenvalue weighted by Crippen LogP contribution is 2.22. The fourth-order valence-electron chi connectivity index (χ4n) is 2.46. The standard InChI is InChI=1S/C19H22ClFN2O5S/c20-16-5-3-15(4-6-16)13-23(14-19(24)22-25)29(26,27)18-9-7-17(8-10-18)28-12-2-1-11-21/h3-10,25H,1-2,11-14H2,(H,22,24). The van der Waals surface area contributed by atoms with Gasteiger partial charge in [0.25, 0.3) is 5.91 Å². The molecule has 0 saturated carbocycles. The van der Waals surface area contributed by atoms with E-state index in [-0.39, 0.29) is 11.4 Å². The van der Waals surface area contributed by atoms with Gasteiger partial charge in [-0.1, -0.05) is 23.7 Å². The van der Waals surface area contributed by atoms with E-state index >= 15 is 0 Å². The zero-order valence-corrected chi connectivity index (χ0v) is 17.1. The molecule has 0 saturated heterocycles. The van der Waals surface area contributed by atoms with Crippen LogP contribution in [0.1, 0.15) is 18.4 Å². The first-order valence-corrected chi connectivity index (χ1v) is 10.6. The number of nitrogens with one attached hydrogen (secondary N) is 1. The van der Waals surface area contributed by atoms with Crippen molar-refractivity contribution in [1.29, 1.82) is 0 Å². The van der Waals surface area contributed by atoms with Gasteiger partial charge in [0.1, 0.15) is 5.75 Å². The number of carbonyl (C=O) groups is 1. The van der Waals surface area contributed by atoms with Crippen molar-refractivity contribution in [1.82, 2.24) is 9.79 Å². The van der Waals surface area contributed by atoms with Crippen LogP contribution in [0.15, 0.2) is 53.4 Å². The predicted octanol–water partition coefficient (Wildman–Crippen LogP) is 3.16. The van der Waals surface area contributed by atoms with E-state index in [4.69, 9.17) is 21.5 Å². The van der Waals surface area contributed by atoms with Gasteiger partial charge < -0.3 is 4.74 Å². The summed E-state index contributed by atoms with van der Waals surface area (Å²) in [6.45, 7) is -0.738. The van der Waals surface area contributed by atoms with Crippen molar-refractivity contribution in [3.63, 3.8) is 0 Å². The third-order valence-electron chi connectivity index (χ3n) is 3.98. The van der Waals surface area contributed by atoms with Gasteiger partial charge >= 0.3 is 0 Å². The van der Waals surface area contributed by atoms with E-state index in [0.29, 0.717) is 35.8 Å². The third kappa shape index (κ3) is 6.97. The van der Waals surface area contributed by atoms with Crippen LogP contribution in [0.4, 0.5) is 4.39 Å². The van der Waals surface area contributed by atoms with Gasteiger partial charge in [0, 0.05) is 11.6 Å². The van der Waals surface area contributed by atoms with Crippen molar-refractivity contribution in [3.8, 4) is 5.75 Å². The fourth-order valence-corrected chi connectivity index (χ4v) is 3.97. The van der Waals surface area contributed by atoms with E-state index in [2.05, 4.69) is 0 Å².